The second-order valence-electron chi connectivity index (χ2n) is 8.87. The van der Waals surface area contributed by atoms with Crippen molar-refractivity contribution in [1.29, 1.82) is 0 Å². The lowest BCUT2D eigenvalue weighted by Crippen LogP contribution is -2.49. The number of sulfonamides is 1. The first-order valence-corrected chi connectivity index (χ1v) is 14.0. The third-order valence-electron chi connectivity index (χ3n) is 5.43. The Balaban J connectivity index is 2.19. The zero-order chi connectivity index (χ0) is 26.3. The summed E-state index contributed by atoms with van der Waals surface area (Å²) in [5.74, 6) is -0.560. The first-order chi connectivity index (χ1) is 16.3. The van der Waals surface area contributed by atoms with Crippen LogP contribution in [0, 0.1) is 6.92 Å². The van der Waals surface area contributed by atoms with Crippen LogP contribution in [-0.2, 0) is 26.2 Å². The van der Waals surface area contributed by atoms with E-state index >= 15 is 0 Å². The van der Waals surface area contributed by atoms with Crippen molar-refractivity contribution in [3.05, 3.63) is 63.6 Å². The van der Waals surface area contributed by atoms with Crippen molar-refractivity contribution >= 4 is 50.7 Å². The Morgan fingerprint density at radius 2 is 1.66 bits per heavy atom. The average molecular weight is 543 g/mol. The molecule has 0 aromatic heterocycles. The molecule has 1 atom stereocenters. The van der Waals surface area contributed by atoms with Gasteiger partial charge in [0.2, 0.25) is 21.8 Å². The van der Waals surface area contributed by atoms with Gasteiger partial charge in [-0.1, -0.05) is 47.0 Å². The molecule has 0 aliphatic rings. The molecule has 2 aromatic carbocycles. The summed E-state index contributed by atoms with van der Waals surface area (Å²) in [6.07, 6.45) is 1.48. The Bertz CT molecular complexity index is 1140. The highest BCUT2D eigenvalue weighted by atomic mass is 35.5. The minimum atomic E-state index is -3.54. The third-order valence-corrected chi connectivity index (χ3v) is 7.21. The summed E-state index contributed by atoms with van der Waals surface area (Å²) in [6, 6.07) is 11.3. The van der Waals surface area contributed by atoms with E-state index in [1.807, 2.05) is 32.9 Å². The van der Waals surface area contributed by atoms with Crippen LogP contribution >= 0.6 is 23.2 Å². The van der Waals surface area contributed by atoms with E-state index in [-0.39, 0.29) is 43.8 Å². The fraction of sp³-hybridized carbons (Fsp3) is 0.440. The van der Waals surface area contributed by atoms with E-state index < -0.39 is 16.1 Å². The molecule has 192 valence electrons. The molecule has 10 heteroatoms. The molecule has 0 aliphatic heterocycles. The van der Waals surface area contributed by atoms with Crippen LogP contribution in [0.15, 0.2) is 42.5 Å². The van der Waals surface area contributed by atoms with E-state index in [4.69, 9.17) is 23.2 Å². The maximum absolute atomic E-state index is 13.3. The van der Waals surface area contributed by atoms with Gasteiger partial charge in [0, 0.05) is 35.6 Å². The molecule has 1 N–H and O–H groups in total. The lowest BCUT2D eigenvalue weighted by Gasteiger charge is -2.30. The molecule has 0 bridgehead atoms. The summed E-state index contributed by atoms with van der Waals surface area (Å²) in [5, 5.41) is 3.70. The number of nitrogens with zero attached hydrogens (tertiary/aromatic N) is 2. The molecule has 0 saturated heterocycles. The standard InChI is InChI=1S/C25H33Cl2N3O4S/c1-17(2)28-25(32)19(4)29(16-20-10-11-21(26)15-23(20)27)24(31)7-6-14-30(35(5,33)34)22-12-8-18(3)9-13-22/h8-13,15,17,19H,6-7,14,16H2,1-5H3,(H,28,32)/t19-/m0/s1. The number of hydrogen-bond acceptors (Lipinski definition) is 4. The monoisotopic (exact) mass is 541 g/mol. The van der Waals surface area contributed by atoms with Crippen molar-refractivity contribution < 1.29 is 18.0 Å². The molecule has 0 radical (unpaired) electrons. The summed E-state index contributed by atoms with van der Waals surface area (Å²) < 4.78 is 26.1. The molecule has 0 heterocycles. The minimum Gasteiger partial charge on any atom is -0.352 e. The summed E-state index contributed by atoms with van der Waals surface area (Å²) in [4.78, 5) is 27.4. The van der Waals surface area contributed by atoms with Gasteiger partial charge in [0.25, 0.3) is 0 Å². The van der Waals surface area contributed by atoms with Crippen LogP contribution in [-0.4, -0.2) is 50.0 Å². The fourth-order valence-electron chi connectivity index (χ4n) is 3.54. The number of nitrogens with one attached hydrogen (secondary N) is 1. The number of carbonyl (C=O) groups is 2. The van der Waals surface area contributed by atoms with Gasteiger partial charge in [-0.15, -0.1) is 0 Å². The van der Waals surface area contributed by atoms with Crippen molar-refractivity contribution in [2.45, 2.75) is 59.2 Å². The van der Waals surface area contributed by atoms with E-state index in [2.05, 4.69) is 5.32 Å². The zero-order valence-electron chi connectivity index (χ0n) is 20.7. The molecule has 7 nitrogen and oxygen atoms in total. The highest BCUT2D eigenvalue weighted by Gasteiger charge is 2.27. The number of rotatable bonds is 11. The topological polar surface area (TPSA) is 86.8 Å². The fourth-order valence-corrected chi connectivity index (χ4v) is 4.97. The van der Waals surface area contributed by atoms with Crippen molar-refractivity contribution in [2.24, 2.45) is 0 Å². The number of anilines is 1. The molecule has 2 amide bonds. The average Bonchev–Trinajstić information content (AvgIpc) is 2.75. The minimum absolute atomic E-state index is 0.0579. The zero-order valence-corrected chi connectivity index (χ0v) is 23.0. The van der Waals surface area contributed by atoms with Gasteiger partial charge in [0.05, 0.1) is 11.9 Å². The molecule has 0 unspecified atom stereocenters. The smallest absolute Gasteiger partial charge is 0.242 e. The van der Waals surface area contributed by atoms with Crippen LogP contribution in [0.1, 0.15) is 44.7 Å². The number of aryl methyl sites for hydroxylation is 1. The molecule has 0 saturated carbocycles. The van der Waals surface area contributed by atoms with Gasteiger partial charge in [0.1, 0.15) is 6.04 Å². The molecular formula is C25H33Cl2N3O4S. The number of carbonyl (C=O) groups excluding carboxylic acids is 2. The summed E-state index contributed by atoms with van der Waals surface area (Å²) >= 11 is 12.3. The van der Waals surface area contributed by atoms with Crippen LogP contribution < -0.4 is 9.62 Å². The van der Waals surface area contributed by atoms with Gasteiger partial charge in [0.15, 0.2) is 0 Å². The maximum Gasteiger partial charge on any atom is 0.242 e. The number of amides is 2. The van der Waals surface area contributed by atoms with E-state index in [9.17, 15) is 18.0 Å². The Kier molecular flexibility index (Phi) is 10.4. The van der Waals surface area contributed by atoms with Gasteiger partial charge >= 0.3 is 0 Å². The predicted molar refractivity (Wildman–Crippen MR) is 142 cm³/mol. The lowest BCUT2D eigenvalue weighted by atomic mass is 10.1. The Morgan fingerprint density at radius 1 is 1.03 bits per heavy atom. The Hall–Kier alpha value is -2.29. The molecule has 0 fully saturated rings. The molecule has 2 aromatic rings. The molecule has 35 heavy (non-hydrogen) atoms. The first-order valence-electron chi connectivity index (χ1n) is 11.4. The van der Waals surface area contributed by atoms with E-state index in [1.165, 1.54) is 9.21 Å². The second kappa shape index (κ2) is 12.6. The van der Waals surface area contributed by atoms with Gasteiger partial charge in [-0.3, -0.25) is 13.9 Å². The third kappa shape index (κ3) is 8.70. The lowest BCUT2D eigenvalue weighted by molar-refractivity contribution is -0.140. The highest BCUT2D eigenvalue weighted by molar-refractivity contribution is 7.92. The SMILES string of the molecule is Cc1ccc(N(CCCC(=O)N(Cc2ccc(Cl)cc2Cl)[C@@H](C)C(=O)NC(C)C)S(C)(=O)=O)cc1. The van der Waals surface area contributed by atoms with Crippen molar-refractivity contribution in [1.82, 2.24) is 10.2 Å². The van der Waals surface area contributed by atoms with Crippen LogP contribution in [0.4, 0.5) is 5.69 Å². The second-order valence-corrected chi connectivity index (χ2v) is 11.6. The molecular weight excluding hydrogens is 509 g/mol. The number of hydrogen-bond donors (Lipinski definition) is 1. The van der Waals surface area contributed by atoms with Crippen LogP contribution in [0.2, 0.25) is 10.0 Å². The van der Waals surface area contributed by atoms with Gasteiger partial charge < -0.3 is 10.2 Å². The van der Waals surface area contributed by atoms with Gasteiger partial charge in [-0.25, -0.2) is 8.42 Å². The Labute approximate surface area is 218 Å². The van der Waals surface area contributed by atoms with E-state index in [1.54, 1.807) is 37.3 Å². The van der Waals surface area contributed by atoms with Crippen LogP contribution in [0.3, 0.4) is 0 Å². The predicted octanol–water partition coefficient (Wildman–Crippen LogP) is 4.79. The van der Waals surface area contributed by atoms with E-state index in [0.717, 1.165) is 11.8 Å². The summed E-state index contributed by atoms with van der Waals surface area (Å²) in [6.45, 7) is 7.53. The molecule has 0 aliphatic carbocycles. The molecule has 2 rings (SSSR count). The highest BCUT2D eigenvalue weighted by Crippen LogP contribution is 2.24. The van der Waals surface area contributed by atoms with Crippen LogP contribution in [0.5, 0.6) is 0 Å². The molecule has 0 spiro atoms. The summed E-state index contributed by atoms with van der Waals surface area (Å²) in [7, 11) is -3.54. The van der Waals surface area contributed by atoms with E-state index in [0.29, 0.717) is 21.3 Å². The van der Waals surface area contributed by atoms with Crippen LogP contribution in [0.25, 0.3) is 0 Å². The van der Waals surface area contributed by atoms with Crippen molar-refractivity contribution in [3.8, 4) is 0 Å². The maximum atomic E-state index is 13.3. The summed E-state index contributed by atoms with van der Waals surface area (Å²) in [5.41, 5.74) is 2.22. The van der Waals surface area contributed by atoms with Gasteiger partial charge in [-0.2, -0.15) is 0 Å². The normalized spacial score (nSPS) is 12.3. The van der Waals surface area contributed by atoms with Gasteiger partial charge in [-0.05, 0) is 63.9 Å². The largest absolute Gasteiger partial charge is 0.352 e. The number of halogens is 2. The Morgan fingerprint density at radius 3 is 2.20 bits per heavy atom. The quantitative estimate of drug-likeness (QED) is 0.443. The number of benzene rings is 2. The first kappa shape index (κ1) is 28.9. The van der Waals surface area contributed by atoms with Crippen molar-refractivity contribution in [2.75, 3.05) is 17.1 Å². The van der Waals surface area contributed by atoms with Crippen molar-refractivity contribution in [3.63, 3.8) is 0 Å².